The van der Waals surface area contributed by atoms with Crippen molar-refractivity contribution >= 4 is 27.7 Å². The molecule has 1 aliphatic rings. The number of nitrogens with zero attached hydrogens (tertiary/aromatic N) is 2. The Bertz CT molecular complexity index is 1090. The lowest BCUT2D eigenvalue weighted by atomic mass is 9.96. The molecule has 0 aliphatic heterocycles. The predicted octanol–water partition coefficient (Wildman–Crippen LogP) is 7.16. The molecule has 4 rings (SSSR count). The van der Waals surface area contributed by atoms with Crippen molar-refractivity contribution in [3.05, 3.63) is 64.6 Å². The Labute approximate surface area is 198 Å². The summed E-state index contributed by atoms with van der Waals surface area (Å²) in [5, 5.41) is 6.72. The van der Waals surface area contributed by atoms with Crippen molar-refractivity contribution in [2.24, 2.45) is 0 Å². The van der Waals surface area contributed by atoms with Gasteiger partial charge in [-0.05, 0) is 36.6 Å². The van der Waals surface area contributed by atoms with Crippen molar-refractivity contribution in [2.45, 2.75) is 51.1 Å². The Hall–Kier alpha value is -2.81. The maximum Gasteiger partial charge on any atom is 0.573 e. The van der Waals surface area contributed by atoms with Crippen molar-refractivity contribution in [2.75, 3.05) is 10.6 Å². The van der Waals surface area contributed by atoms with Gasteiger partial charge in [0.15, 0.2) is 0 Å². The second kappa shape index (κ2) is 10.4. The van der Waals surface area contributed by atoms with Gasteiger partial charge in [-0.3, -0.25) is 0 Å². The van der Waals surface area contributed by atoms with Crippen LogP contribution in [0.3, 0.4) is 0 Å². The third kappa shape index (κ3) is 6.83. The summed E-state index contributed by atoms with van der Waals surface area (Å²) in [5.74, 6) is 0.746. The van der Waals surface area contributed by atoms with E-state index in [4.69, 9.17) is 0 Å². The maximum atomic E-state index is 12.7. The van der Waals surface area contributed by atoms with Crippen LogP contribution >= 0.6 is 15.9 Å². The predicted molar refractivity (Wildman–Crippen MR) is 126 cm³/mol. The molecule has 9 heteroatoms. The molecule has 2 aromatic carbocycles. The van der Waals surface area contributed by atoms with Crippen LogP contribution < -0.4 is 15.4 Å². The highest BCUT2D eigenvalue weighted by atomic mass is 79.9. The van der Waals surface area contributed by atoms with Gasteiger partial charge >= 0.3 is 6.36 Å². The lowest BCUT2D eigenvalue weighted by Crippen LogP contribution is -2.23. The zero-order valence-electron chi connectivity index (χ0n) is 17.8. The van der Waals surface area contributed by atoms with Gasteiger partial charge in [-0.2, -0.15) is 4.98 Å². The molecule has 1 saturated carbocycles. The molecule has 0 spiro atoms. The summed E-state index contributed by atoms with van der Waals surface area (Å²) in [7, 11) is 0. The van der Waals surface area contributed by atoms with Crippen LogP contribution in [0.15, 0.2) is 59.1 Å². The number of nitrogens with one attached hydrogen (secondary N) is 2. The highest BCUT2D eigenvalue weighted by Crippen LogP contribution is 2.29. The topological polar surface area (TPSA) is 59.1 Å². The molecule has 1 fully saturated rings. The van der Waals surface area contributed by atoms with Crippen molar-refractivity contribution in [3.8, 4) is 17.0 Å². The molecule has 174 valence electrons. The molecule has 5 nitrogen and oxygen atoms in total. The molecule has 0 amide bonds. The van der Waals surface area contributed by atoms with Gasteiger partial charge in [-0.15, -0.1) is 13.2 Å². The average Bonchev–Trinajstić information content (AvgIpc) is 2.78. The Morgan fingerprint density at radius 3 is 2.52 bits per heavy atom. The normalized spacial score (nSPS) is 14.7. The summed E-state index contributed by atoms with van der Waals surface area (Å²) in [5.41, 5.74) is 2.07. The number of anilines is 2. The number of halogens is 4. The summed E-state index contributed by atoms with van der Waals surface area (Å²) in [4.78, 5) is 9.22. The Morgan fingerprint density at radius 1 is 0.970 bits per heavy atom. The first-order valence-corrected chi connectivity index (χ1v) is 11.6. The number of benzene rings is 2. The van der Waals surface area contributed by atoms with Gasteiger partial charge in [0.05, 0.1) is 5.69 Å². The highest BCUT2D eigenvalue weighted by molar-refractivity contribution is 9.10. The number of aromatic nitrogens is 2. The smallest absolute Gasteiger partial charge is 0.406 e. The van der Waals surface area contributed by atoms with Crippen molar-refractivity contribution in [3.63, 3.8) is 0 Å². The Kier molecular flexibility index (Phi) is 7.37. The van der Waals surface area contributed by atoms with E-state index >= 15 is 0 Å². The van der Waals surface area contributed by atoms with Crippen LogP contribution in [0.1, 0.15) is 37.7 Å². The minimum absolute atomic E-state index is 0.282. The minimum atomic E-state index is -4.76. The van der Waals surface area contributed by atoms with E-state index < -0.39 is 6.36 Å². The summed E-state index contributed by atoms with van der Waals surface area (Å²) in [6.07, 6.45) is 0.866. The fourth-order valence-corrected chi connectivity index (χ4v) is 4.28. The Morgan fingerprint density at radius 2 is 1.76 bits per heavy atom. The fraction of sp³-hybridized carbons (Fsp3) is 0.333. The van der Waals surface area contributed by atoms with E-state index in [1.165, 1.54) is 24.6 Å². The third-order valence-corrected chi connectivity index (χ3v) is 6.22. The van der Waals surface area contributed by atoms with Gasteiger partial charge in [0.2, 0.25) is 5.95 Å². The molecule has 0 atom stereocenters. The minimum Gasteiger partial charge on any atom is -0.406 e. The Balaban J connectivity index is 1.62. The average molecular weight is 521 g/mol. The lowest BCUT2D eigenvalue weighted by Gasteiger charge is -2.23. The van der Waals surface area contributed by atoms with Gasteiger partial charge in [0.25, 0.3) is 0 Å². The quantitative estimate of drug-likeness (QED) is 0.346. The summed E-state index contributed by atoms with van der Waals surface area (Å²) >= 11 is 3.54. The highest BCUT2D eigenvalue weighted by Gasteiger charge is 2.31. The molecule has 1 heterocycles. The maximum absolute atomic E-state index is 12.7. The molecule has 1 aromatic heterocycles. The van der Waals surface area contributed by atoms with E-state index in [-0.39, 0.29) is 11.8 Å². The van der Waals surface area contributed by atoms with E-state index in [9.17, 15) is 13.2 Å². The summed E-state index contributed by atoms with van der Waals surface area (Å²) in [6, 6.07) is 15.7. The van der Waals surface area contributed by atoms with E-state index in [1.54, 1.807) is 12.1 Å². The van der Waals surface area contributed by atoms with E-state index in [1.807, 2.05) is 24.3 Å². The largest absolute Gasteiger partial charge is 0.573 e. The molecule has 0 bridgehead atoms. The summed E-state index contributed by atoms with van der Waals surface area (Å²) < 4.78 is 43.1. The lowest BCUT2D eigenvalue weighted by molar-refractivity contribution is -0.274. The van der Waals surface area contributed by atoms with Gasteiger partial charge < -0.3 is 15.4 Å². The van der Waals surface area contributed by atoms with Crippen LogP contribution in [-0.2, 0) is 6.54 Å². The van der Waals surface area contributed by atoms with Crippen molar-refractivity contribution in [1.82, 2.24) is 9.97 Å². The molecule has 0 radical (unpaired) electrons. The SMILES string of the molecule is FC(F)(F)Oc1cccc(-c2cc(NCc3ccccc3Br)nc(NC3CCCCC3)n2)c1. The van der Waals surface area contributed by atoms with Gasteiger partial charge in [0, 0.05) is 28.7 Å². The van der Waals surface area contributed by atoms with Crippen LogP contribution in [-0.4, -0.2) is 22.4 Å². The number of alkyl halides is 3. The number of hydrogen-bond acceptors (Lipinski definition) is 5. The van der Waals surface area contributed by atoms with Crippen LogP contribution in [0.25, 0.3) is 11.3 Å². The standard InChI is InChI=1S/C24H24BrF3N4O/c25-20-12-5-4-7-17(20)15-29-22-14-21(16-8-6-11-19(13-16)33-24(26,27)28)31-23(32-22)30-18-9-2-1-3-10-18/h4-8,11-14,18H,1-3,9-10,15H2,(H2,29,30,31,32). The molecule has 33 heavy (non-hydrogen) atoms. The van der Waals surface area contributed by atoms with Crippen molar-refractivity contribution in [1.29, 1.82) is 0 Å². The number of rotatable bonds is 7. The molecule has 2 N–H and O–H groups in total. The first-order valence-electron chi connectivity index (χ1n) is 10.8. The van der Waals surface area contributed by atoms with Gasteiger partial charge in [-0.1, -0.05) is 65.5 Å². The third-order valence-electron chi connectivity index (χ3n) is 5.45. The zero-order valence-corrected chi connectivity index (χ0v) is 19.4. The molecule has 0 unspecified atom stereocenters. The second-order valence-corrected chi connectivity index (χ2v) is 8.82. The first-order chi connectivity index (χ1) is 15.9. The van der Waals surface area contributed by atoms with Crippen LogP contribution in [0.5, 0.6) is 5.75 Å². The number of ether oxygens (including phenoxy) is 1. The monoisotopic (exact) mass is 520 g/mol. The fourth-order valence-electron chi connectivity index (χ4n) is 3.86. The van der Waals surface area contributed by atoms with Crippen LogP contribution in [0.4, 0.5) is 24.9 Å². The summed E-state index contributed by atoms with van der Waals surface area (Å²) in [6.45, 7) is 0.526. The molecular weight excluding hydrogens is 497 g/mol. The molecule has 3 aromatic rings. The van der Waals surface area contributed by atoms with Crippen molar-refractivity contribution < 1.29 is 17.9 Å². The zero-order chi connectivity index (χ0) is 23.3. The van der Waals surface area contributed by atoms with E-state index in [2.05, 4.69) is 41.3 Å². The van der Waals surface area contributed by atoms with Crippen LogP contribution in [0.2, 0.25) is 0 Å². The van der Waals surface area contributed by atoms with Crippen LogP contribution in [0, 0.1) is 0 Å². The molecule has 1 aliphatic carbocycles. The van der Waals surface area contributed by atoms with E-state index in [0.29, 0.717) is 29.6 Å². The van der Waals surface area contributed by atoms with Gasteiger partial charge in [-0.25, -0.2) is 4.98 Å². The van der Waals surface area contributed by atoms with E-state index in [0.717, 1.165) is 35.7 Å². The first kappa shape index (κ1) is 23.4. The molecule has 0 saturated heterocycles. The second-order valence-electron chi connectivity index (χ2n) is 7.96. The number of hydrogen-bond donors (Lipinski definition) is 2. The van der Waals surface area contributed by atoms with Gasteiger partial charge in [0.1, 0.15) is 11.6 Å². The molecular formula is C24H24BrF3N4O.